The van der Waals surface area contributed by atoms with E-state index < -0.39 is 10.0 Å². The predicted molar refractivity (Wildman–Crippen MR) is 78.7 cm³/mol. The summed E-state index contributed by atoms with van der Waals surface area (Å²) in [5.74, 6) is 0. The van der Waals surface area contributed by atoms with Crippen molar-refractivity contribution in [3.8, 4) is 0 Å². The average Bonchev–Trinajstić information content (AvgIpc) is 2.42. The first-order valence-electron chi connectivity index (χ1n) is 6.65. The van der Waals surface area contributed by atoms with Crippen molar-refractivity contribution in [1.82, 2.24) is 4.90 Å². The fourth-order valence-electron chi connectivity index (χ4n) is 2.07. The summed E-state index contributed by atoms with van der Waals surface area (Å²) in [6.07, 6.45) is 1.69. The number of benzene rings is 1. The van der Waals surface area contributed by atoms with Crippen molar-refractivity contribution in [2.75, 3.05) is 19.6 Å². The van der Waals surface area contributed by atoms with Gasteiger partial charge >= 0.3 is 5.69 Å². The minimum Gasteiger partial charge on any atom is -0.304 e. The monoisotopic (exact) mass is 297 g/mol. The Bertz CT molecular complexity index is 589. The van der Waals surface area contributed by atoms with Crippen molar-refractivity contribution in [3.63, 3.8) is 0 Å². The van der Waals surface area contributed by atoms with E-state index in [2.05, 4.69) is 23.7 Å². The number of hydrogen-bond acceptors (Lipinski definition) is 4. The number of sulfonamides is 1. The molecule has 0 bridgehead atoms. The smallest absolute Gasteiger partial charge is 0.304 e. The van der Waals surface area contributed by atoms with Crippen LogP contribution in [-0.2, 0) is 16.4 Å². The van der Waals surface area contributed by atoms with Crippen LogP contribution < -0.4 is 5.14 Å². The summed E-state index contributed by atoms with van der Waals surface area (Å²) in [5.41, 5.74) is 0.841. The second-order valence-electron chi connectivity index (χ2n) is 4.58. The van der Waals surface area contributed by atoms with E-state index in [1.54, 1.807) is 6.07 Å². The molecule has 0 saturated carbocycles. The van der Waals surface area contributed by atoms with Gasteiger partial charge in [0.2, 0.25) is 15.4 Å². The second-order valence-corrected chi connectivity index (χ2v) is 6.11. The standard InChI is InChI=1S/C13H21N4O2S/c1-3-17(4-2)9-5-6-11-7-8-12(16-14)13(10-11)20(15,18)19/h7-8,10H,3-6,9H2,1-2H3,(H2,15,18,19)/q+1. The highest BCUT2D eigenvalue weighted by atomic mass is 32.2. The van der Waals surface area contributed by atoms with Crippen molar-refractivity contribution >= 4 is 15.7 Å². The lowest BCUT2D eigenvalue weighted by molar-refractivity contribution is 0.300. The highest BCUT2D eigenvalue weighted by Gasteiger charge is 2.23. The van der Waals surface area contributed by atoms with Crippen LogP contribution in [0.2, 0.25) is 0 Å². The summed E-state index contributed by atoms with van der Waals surface area (Å²) in [5, 5.41) is 13.9. The molecule has 0 aliphatic heterocycles. The Morgan fingerprint density at radius 1 is 1.30 bits per heavy atom. The minimum atomic E-state index is -3.88. The molecule has 1 aromatic carbocycles. The maximum atomic E-state index is 11.4. The quantitative estimate of drug-likeness (QED) is 0.780. The van der Waals surface area contributed by atoms with E-state index in [0.717, 1.165) is 38.0 Å². The fourth-order valence-corrected chi connectivity index (χ4v) is 2.79. The number of rotatable bonds is 7. The van der Waals surface area contributed by atoms with E-state index >= 15 is 0 Å². The van der Waals surface area contributed by atoms with Gasteiger partial charge in [0.1, 0.15) is 0 Å². The molecular weight excluding hydrogens is 276 g/mol. The molecule has 110 valence electrons. The van der Waals surface area contributed by atoms with E-state index in [1.807, 2.05) is 0 Å². The van der Waals surface area contributed by atoms with Crippen LogP contribution in [0, 0.1) is 5.39 Å². The first-order valence-corrected chi connectivity index (χ1v) is 8.20. The molecule has 0 atom stereocenters. The van der Waals surface area contributed by atoms with E-state index in [-0.39, 0.29) is 10.6 Å². The molecule has 0 unspecified atom stereocenters. The lowest BCUT2D eigenvalue weighted by Crippen LogP contribution is -2.24. The van der Waals surface area contributed by atoms with Crippen LogP contribution >= 0.6 is 0 Å². The van der Waals surface area contributed by atoms with Gasteiger partial charge in [0, 0.05) is 6.07 Å². The second kappa shape index (κ2) is 7.33. The Hall–Kier alpha value is -1.49. The van der Waals surface area contributed by atoms with E-state index in [4.69, 9.17) is 10.5 Å². The van der Waals surface area contributed by atoms with Crippen molar-refractivity contribution in [1.29, 1.82) is 5.39 Å². The summed E-state index contributed by atoms with van der Waals surface area (Å²) >= 11 is 0. The molecule has 0 amide bonds. The van der Waals surface area contributed by atoms with Crippen LogP contribution in [-0.4, -0.2) is 33.0 Å². The van der Waals surface area contributed by atoms with Crippen LogP contribution in [0.25, 0.3) is 4.98 Å². The summed E-state index contributed by atoms with van der Waals surface area (Å²) in [4.78, 5) is 5.11. The normalized spacial score (nSPS) is 11.6. The third-order valence-electron chi connectivity index (χ3n) is 3.27. The highest BCUT2D eigenvalue weighted by Crippen LogP contribution is 2.25. The van der Waals surface area contributed by atoms with Crippen LogP contribution in [0.3, 0.4) is 0 Å². The molecule has 7 heteroatoms. The number of nitrogens with two attached hydrogens (primary N) is 1. The van der Waals surface area contributed by atoms with Crippen molar-refractivity contribution < 1.29 is 8.42 Å². The highest BCUT2D eigenvalue weighted by molar-refractivity contribution is 7.89. The molecular formula is C13H21N4O2S+. The topological polar surface area (TPSA) is 91.5 Å². The number of diazo groups is 1. The molecule has 20 heavy (non-hydrogen) atoms. The SMILES string of the molecule is CCN(CC)CCCc1ccc([N+]#N)c(S(N)(=O)=O)c1. The van der Waals surface area contributed by atoms with Crippen molar-refractivity contribution in [3.05, 3.63) is 28.7 Å². The lowest BCUT2D eigenvalue weighted by atomic mass is 10.1. The zero-order valence-corrected chi connectivity index (χ0v) is 12.7. The van der Waals surface area contributed by atoms with E-state index in [0.29, 0.717) is 0 Å². The summed E-state index contributed by atoms with van der Waals surface area (Å²) < 4.78 is 22.9. The molecule has 0 aliphatic carbocycles. The van der Waals surface area contributed by atoms with Crippen LogP contribution in [0.1, 0.15) is 25.8 Å². The van der Waals surface area contributed by atoms with Gasteiger partial charge in [0.05, 0.1) is 0 Å². The molecule has 0 heterocycles. The molecule has 1 aromatic rings. The lowest BCUT2D eigenvalue weighted by Gasteiger charge is -2.17. The van der Waals surface area contributed by atoms with Gasteiger partial charge in [0.15, 0.2) is 9.87 Å². The molecule has 2 N–H and O–H groups in total. The van der Waals surface area contributed by atoms with Gasteiger partial charge in [-0.15, -0.1) is 0 Å². The van der Waals surface area contributed by atoms with Gasteiger partial charge in [-0.2, -0.15) is 0 Å². The fraction of sp³-hybridized carbons (Fsp3) is 0.538. The summed E-state index contributed by atoms with van der Waals surface area (Å²) in [6, 6.07) is 4.70. The molecule has 0 saturated heterocycles. The van der Waals surface area contributed by atoms with E-state index in [1.165, 1.54) is 12.1 Å². The molecule has 0 aromatic heterocycles. The van der Waals surface area contributed by atoms with Crippen molar-refractivity contribution in [2.24, 2.45) is 5.14 Å². The zero-order valence-electron chi connectivity index (χ0n) is 11.9. The third-order valence-corrected chi connectivity index (χ3v) is 4.21. The number of hydrogen-bond donors (Lipinski definition) is 1. The first-order chi connectivity index (χ1) is 9.42. The molecule has 0 fully saturated rings. The van der Waals surface area contributed by atoms with Crippen LogP contribution in [0.5, 0.6) is 0 Å². The maximum absolute atomic E-state index is 11.4. The Morgan fingerprint density at radius 2 is 1.95 bits per heavy atom. The Morgan fingerprint density at radius 3 is 2.45 bits per heavy atom. The third kappa shape index (κ3) is 4.56. The Balaban J connectivity index is 2.81. The predicted octanol–water partition coefficient (Wildman–Crippen LogP) is 2.09. The molecule has 6 nitrogen and oxygen atoms in total. The molecule has 1 rings (SSSR count). The minimum absolute atomic E-state index is 0.0278. The van der Waals surface area contributed by atoms with Gasteiger partial charge in [-0.1, -0.05) is 19.9 Å². The van der Waals surface area contributed by atoms with Crippen LogP contribution in [0.15, 0.2) is 23.1 Å². The zero-order chi connectivity index (χ0) is 15.2. The molecule has 0 aliphatic rings. The van der Waals surface area contributed by atoms with Gasteiger partial charge < -0.3 is 4.90 Å². The maximum Gasteiger partial charge on any atom is 0.404 e. The summed E-state index contributed by atoms with van der Waals surface area (Å²) in [6.45, 7) is 7.19. The molecule has 0 radical (unpaired) electrons. The van der Waals surface area contributed by atoms with Gasteiger partial charge in [-0.05, 0) is 44.1 Å². The largest absolute Gasteiger partial charge is 0.404 e. The number of aryl methyl sites for hydroxylation is 1. The summed E-state index contributed by atoms with van der Waals surface area (Å²) in [7, 11) is -3.88. The Kier molecular flexibility index (Phi) is 6.07. The molecule has 0 spiro atoms. The van der Waals surface area contributed by atoms with Gasteiger partial charge in [-0.25, -0.2) is 13.6 Å². The van der Waals surface area contributed by atoms with Crippen LogP contribution in [0.4, 0.5) is 5.69 Å². The van der Waals surface area contributed by atoms with Gasteiger partial charge in [0.25, 0.3) is 0 Å². The number of primary sulfonamides is 1. The average molecular weight is 297 g/mol. The van der Waals surface area contributed by atoms with Crippen molar-refractivity contribution in [2.45, 2.75) is 31.6 Å². The van der Waals surface area contributed by atoms with E-state index in [9.17, 15) is 8.42 Å². The van der Waals surface area contributed by atoms with Gasteiger partial charge in [-0.3, -0.25) is 0 Å². The Labute approximate surface area is 120 Å². The number of nitrogens with zero attached hydrogens (tertiary/aromatic N) is 3. The first kappa shape index (κ1) is 16.6.